The quantitative estimate of drug-likeness (QED) is 0.557. The van der Waals surface area contributed by atoms with Gasteiger partial charge < -0.3 is 20.4 Å². The average molecular weight is 368 g/mol. The molecule has 3 aromatic rings. The van der Waals surface area contributed by atoms with Crippen LogP contribution in [0.5, 0.6) is 5.75 Å². The van der Waals surface area contributed by atoms with Gasteiger partial charge in [0, 0.05) is 29.7 Å². The molecule has 0 aliphatic heterocycles. The van der Waals surface area contributed by atoms with E-state index in [-0.39, 0.29) is 0 Å². The first-order chi connectivity index (χ1) is 12.7. The van der Waals surface area contributed by atoms with Crippen LogP contribution in [0.25, 0.3) is 10.9 Å². The van der Waals surface area contributed by atoms with Crippen LogP contribution < -0.4 is 15.4 Å². The molecule has 0 radical (unpaired) electrons. The number of aromatic nitrogens is 1. The van der Waals surface area contributed by atoms with E-state index in [9.17, 15) is 0 Å². The molecule has 0 saturated carbocycles. The number of aromatic amines is 1. The second kappa shape index (κ2) is 8.72. The number of methoxy groups -OCH3 is 1. The standard InChI is InChI=1S/C21H25N3OS/c1-15-18(19-14-17(25-2)8-9-20(19)24-15)11-13-23-21(26)22-12-10-16-6-4-3-5-7-16/h3-9,14,24H,10-13H2,1-2H3,(H2,22,23,26). The highest BCUT2D eigenvalue weighted by molar-refractivity contribution is 7.80. The number of nitrogens with one attached hydrogen (secondary N) is 3. The Morgan fingerprint density at radius 2 is 1.77 bits per heavy atom. The predicted octanol–water partition coefficient (Wildman–Crippen LogP) is 3.73. The highest BCUT2D eigenvalue weighted by Crippen LogP contribution is 2.26. The summed E-state index contributed by atoms with van der Waals surface area (Å²) in [6.45, 7) is 3.74. The molecule has 0 fully saturated rings. The van der Waals surface area contributed by atoms with Crippen LogP contribution in [0.4, 0.5) is 0 Å². The number of rotatable bonds is 7. The third kappa shape index (κ3) is 4.55. The maximum Gasteiger partial charge on any atom is 0.166 e. The minimum absolute atomic E-state index is 0.705. The van der Waals surface area contributed by atoms with Crippen molar-refractivity contribution in [3.8, 4) is 5.75 Å². The Bertz CT molecular complexity index is 874. The van der Waals surface area contributed by atoms with Crippen LogP contribution in [0.2, 0.25) is 0 Å². The van der Waals surface area contributed by atoms with Gasteiger partial charge >= 0.3 is 0 Å². The van der Waals surface area contributed by atoms with Crippen molar-refractivity contribution in [3.63, 3.8) is 0 Å². The normalized spacial score (nSPS) is 10.7. The molecule has 0 saturated heterocycles. The van der Waals surface area contributed by atoms with Crippen LogP contribution in [0.3, 0.4) is 0 Å². The van der Waals surface area contributed by atoms with Crippen molar-refractivity contribution in [2.24, 2.45) is 0 Å². The fourth-order valence-corrected chi connectivity index (χ4v) is 3.34. The second-order valence-corrected chi connectivity index (χ2v) is 6.72. The zero-order valence-electron chi connectivity index (χ0n) is 15.3. The van der Waals surface area contributed by atoms with Crippen molar-refractivity contribution < 1.29 is 4.74 Å². The van der Waals surface area contributed by atoms with Crippen molar-refractivity contribution in [2.45, 2.75) is 19.8 Å². The monoisotopic (exact) mass is 367 g/mol. The summed E-state index contributed by atoms with van der Waals surface area (Å²) in [6.07, 6.45) is 1.86. The van der Waals surface area contributed by atoms with Gasteiger partial charge in [-0.2, -0.15) is 0 Å². The van der Waals surface area contributed by atoms with Crippen LogP contribution in [-0.4, -0.2) is 30.3 Å². The van der Waals surface area contributed by atoms with Crippen LogP contribution in [0.1, 0.15) is 16.8 Å². The molecule has 3 N–H and O–H groups in total. The molecule has 1 aromatic heterocycles. The van der Waals surface area contributed by atoms with E-state index >= 15 is 0 Å². The number of hydrogen-bond acceptors (Lipinski definition) is 2. The van der Waals surface area contributed by atoms with Crippen LogP contribution in [-0.2, 0) is 12.8 Å². The van der Waals surface area contributed by atoms with Crippen LogP contribution in [0, 0.1) is 6.92 Å². The third-order valence-corrected chi connectivity index (χ3v) is 4.82. The summed E-state index contributed by atoms with van der Waals surface area (Å²) in [6, 6.07) is 16.5. The van der Waals surface area contributed by atoms with Gasteiger partial charge in [-0.3, -0.25) is 0 Å². The second-order valence-electron chi connectivity index (χ2n) is 6.31. The number of aryl methyl sites for hydroxylation is 1. The lowest BCUT2D eigenvalue weighted by molar-refractivity contribution is 0.415. The van der Waals surface area contributed by atoms with E-state index in [2.05, 4.69) is 58.9 Å². The van der Waals surface area contributed by atoms with Gasteiger partial charge in [-0.1, -0.05) is 30.3 Å². The number of thiocarbonyl (C=S) groups is 1. The maximum absolute atomic E-state index is 5.38. The highest BCUT2D eigenvalue weighted by Gasteiger charge is 2.09. The first-order valence-electron chi connectivity index (χ1n) is 8.88. The molecule has 136 valence electrons. The number of benzene rings is 2. The smallest absolute Gasteiger partial charge is 0.166 e. The largest absolute Gasteiger partial charge is 0.497 e. The molecule has 0 aliphatic carbocycles. The van der Waals surface area contributed by atoms with Gasteiger partial charge in [0.1, 0.15) is 5.75 Å². The van der Waals surface area contributed by atoms with E-state index in [4.69, 9.17) is 17.0 Å². The molecule has 26 heavy (non-hydrogen) atoms. The van der Waals surface area contributed by atoms with Crippen molar-refractivity contribution in [3.05, 3.63) is 65.4 Å². The molecule has 4 nitrogen and oxygen atoms in total. The highest BCUT2D eigenvalue weighted by atomic mass is 32.1. The van der Waals surface area contributed by atoms with Gasteiger partial charge in [-0.25, -0.2) is 0 Å². The Hall–Kier alpha value is -2.53. The van der Waals surface area contributed by atoms with Crippen molar-refractivity contribution in [2.75, 3.05) is 20.2 Å². The summed E-state index contributed by atoms with van der Waals surface area (Å²) in [5.74, 6) is 0.879. The predicted molar refractivity (Wildman–Crippen MR) is 112 cm³/mol. The molecule has 2 aromatic carbocycles. The Morgan fingerprint density at radius 3 is 2.50 bits per heavy atom. The molecule has 1 heterocycles. The zero-order chi connectivity index (χ0) is 18.4. The molecule has 0 bridgehead atoms. The lowest BCUT2D eigenvalue weighted by Crippen LogP contribution is -2.37. The fourth-order valence-electron chi connectivity index (χ4n) is 3.14. The number of ether oxygens (including phenoxy) is 1. The molecule has 3 rings (SSSR count). The molecule has 0 aliphatic rings. The van der Waals surface area contributed by atoms with E-state index < -0.39 is 0 Å². The Morgan fingerprint density at radius 1 is 1.04 bits per heavy atom. The van der Waals surface area contributed by atoms with Gasteiger partial charge in [0.15, 0.2) is 5.11 Å². The first kappa shape index (κ1) is 18.3. The third-order valence-electron chi connectivity index (χ3n) is 4.53. The van der Waals surface area contributed by atoms with Crippen molar-refractivity contribution in [1.82, 2.24) is 15.6 Å². The fraction of sp³-hybridized carbons (Fsp3) is 0.286. The molecular formula is C21H25N3OS. The van der Waals surface area contributed by atoms with Crippen LogP contribution in [0.15, 0.2) is 48.5 Å². The van der Waals surface area contributed by atoms with Gasteiger partial charge in [-0.15, -0.1) is 0 Å². The summed E-state index contributed by atoms with van der Waals surface area (Å²) in [5, 5.41) is 8.50. The molecular weight excluding hydrogens is 342 g/mol. The van der Waals surface area contributed by atoms with Crippen molar-refractivity contribution in [1.29, 1.82) is 0 Å². The molecule has 0 amide bonds. The summed E-state index contributed by atoms with van der Waals surface area (Å²) in [7, 11) is 1.70. The first-order valence-corrected chi connectivity index (χ1v) is 9.29. The van der Waals surface area contributed by atoms with E-state index in [1.54, 1.807) is 7.11 Å². The van der Waals surface area contributed by atoms with Gasteiger partial charge in [0.2, 0.25) is 0 Å². The molecule has 0 atom stereocenters. The summed E-state index contributed by atoms with van der Waals surface area (Å²) >= 11 is 5.38. The molecule has 5 heteroatoms. The average Bonchev–Trinajstić information content (AvgIpc) is 2.97. The van der Waals surface area contributed by atoms with Gasteiger partial charge in [-0.05, 0) is 61.3 Å². The Kier molecular flexibility index (Phi) is 6.12. The Labute approximate surface area is 160 Å². The van der Waals surface area contributed by atoms with E-state index in [0.717, 1.165) is 37.2 Å². The molecule has 0 spiro atoms. The molecule has 0 unspecified atom stereocenters. The number of hydrogen-bond donors (Lipinski definition) is 3. The lowest BCUT2D eigenvalue weighted by Gasteiger charge is -2.11. The maximum atomic E-state index is 5.38. The SMILES string of the molecule is COc1ccc2[nH]c(C)c(CCNC(=S)NCCc3ccccc3)c2c1. The van der Waals surface area contributed by atoms with Gasteiger partial charge in [0.05, 0.1) is 7.11 Å². The zero-order valence-corrected chi connectivity index (χ0v) is 16.1. The lowest BCUT2D eigenvalue weighted by atomic mass is 10.1. The minimum Gasteiger partial charge on any atom is -0.497 e. The topological polar surface area (TPSA) is 49.1 Å². The Balaban J connectivity index is 1.49. The minimum atomic E-state index is 0.705. The summed E-state index contributed by atoms with van der Waals surface area (Å²) < 4.78 is 5.35. The summed E-state index contributed by atoms with van der Waals surface area (Å²) in [5.41, 5.74) is 4.95. The van der Waals surface area contributed by atoms with E-state index in [0.29, 0.717) is 5.11 Å². The number of fused-ring (bicyclic) bond motifs is 1. The van der Waals surface area contributed by atoms with Crippen LogP contribution >= 0.6 is 12.2 Å². The van der Waals surface area contributed by atoms with E-state index in [1.807, 2.05) is 12.1 Å². The number of H-pyrrole nitrogens is 1. The summed E-state index contributed by atoms with van der Waals surface area (Å²) in [4.78, 5) is 3.44. The van der Waals surface area contributed by atoms with E-state index in [1.165, 1.54) is 22.2 Å². The van der Waals surface area contributed by atoms with Crippen molar-refractivity contribution >= 4 is 28.2 Å². The van der Waals surface area contributed by atoms with Gasteiger partial charge in [0.25, 0.3) is 0 Å².